The molecule has 22 heavy (non-hydrogen) atoms. The lowest BCUT2D eigenvalue weighted by Gasteiger charge is -2.17. The number of rotatable bonds is 5. The SMILES string of the molecule is CC(C)COB(c1ccc(Cl)c(F)c1)c1ccc(Cl)c(F)c1. The summed E-state index contributed by atoms with van der Waals surface area (Å²) >= 11 is 11.4. The molecule has 0 unspecified atom stereocenters. The Balaban J connectivity index is 2.40. The molecule has 6 heteroatoms. The van der Waals surface area contributed by atoms with E-state index in [2.05, 4.69) is 0 Å². The van der Waals surface area contributed by atoms with Crippen LogP contribution >= 0.6 is 23.2 Å². The Bertz CT molecular complexity index is 613. The summed E-state index contributed by atoms with van der Waals surface area (Å²) in [7, 11) is 0. The van der Waals surface area contributed by atoms with Crippen molar-refractivity contribution in [3.05, 3.63) is 58.1 Å². The molecule has 0 amide bonds. The third-order valence-electron chi connectivity index (χ3n) is 3.09. The summed E-state index contributed by atoms with van der Waals surface area (Å²) in [6, 6.07) is 8.87. The topological polar surface area (TPSA) is 9.23 Å². The van der Waals surface area contributed by atoms with Crippen molar-refractivity contribution in [3.63, 3.8) is 0 Å². The minimum absolute atomic E-state index is 0.0358. The zero-order chi connectivity index (χ0) is 16.3. The molecule has 2 rings (SSSR count). The first-order chi connectivity index (χ1) is 10.4. The smallest absolute Gasteiger partial charge is 0.361 e. The lowest BCUT2D eigenvalue weighted by Crippen LogP contribution is -2.46. The molecule has 0 aliphatic carbocycles. The highest BCUT2D eigenvalue weighted by Crippen LogP contribution is 2.14. The van der Waals surface area contributed by atoms with E-state index in [0.717, 1.165) is 0 Å². The molecular formula is C16H15BCl2F2O. The molecule has 0 atom stereocenters. The second-order valence-corrected chi connectivity index (χ2v) is 6.27. The fourth-order valence-electron chi connectivity index (χ4n) is 2.02. The van der Waals surface area contributed by atoms with Crippen molar-refractivity contribution < 1.29 is 13.4 Å². The van der Waals surface area contributed by atoms with E-state index in [1.54, 1.807) is 12.1 Å². The lowest BCUT2D eigenvalue weighted by atomic mass is 9.55. The first-order valence-electron chi connectivity index (χ1n) is 6.90. The van der Waals surface area contributed by atoms with Gasteiger partial charge in [-0.05, 0) is 41.1 Å². The molecular weight excluding hydrogens is 328 g/mol. The predicted molar refractivity (Wildman–Crippen MR) is 88.6 cm³/mol. The molecule has 1 nitrogen and oxygen atoms in total. The average molecular weight is 343 g/mol. The number of hydrogen-bond donors (Lipinski definition) is 0. The van der Waals surface area contributed by atoms with Crippen molar-refractivity contribution >= 4 is 41.0 Å². The molecule has 0 fully saturated rings. The zero-order valence-corrected chi connectivity index (χ0v) is 13.8. The Hall–Kier alpha value is -1.10. The second kappa shape index (κ2) is 7.45. The summed E-state index contributed by atoms with van der Waals surface area (Å²) < 4.78 is 33.3. The summed E-state index contributed by atoms with van der Waals surface area (Å²) in [6.07, 6.45) is 0. The molecule has 0 radical (unpaired) electrons. The van der Waals surface area contributed by atoms with Crippen LogP contribution in [0.5, 0.6) is 0 Å². The van der Waals surface area contributed by atoms with E-state index in [9.17, 15) is 8.78 Å². The minimum atomic E-state index is -0.582. The van der Waals surface area contributed by atoms with Gasteiger partial charge in [-0.3, -0.25) is 0 Å². The van der Waals surface area contributed by atoms with Crippen LogP contribution in [0.25, 0.3) is 0 Å². The fourth-order valence-corrected chi connectivity index (χ4v) is 2.26. The van der Waals surface area contributed by atoms with Gasteiger partial charge in [-0.2, -0.15) is 0 Å². The van der Waals surface area contributed by atoms with E-state index in [0.29, 0.717) is 17.5 Å². The van der Waals surface area contributed by atoms with Gasteiger partial charge in [0.05, 0.1) is 10.0 Å². The van der Waals surface area contributed by atoms with Gasteiger partial charge in [0.25, 0.3) is 0 Å². The molecule has 0 N–H and O–H groups in total. The lowest BCUT2D eigenvalue weighted by molar-refractivity contribution is 0.282. The summed E-state index contributed by atoms with van der Waals surface area (Å²) in [5, 5.41) is 0.0716. The maximum atomic E-state index is 13.7. The normalized spacial score (nSPS) is 11.0. The molecule has 0 saturated heterocycles. The van der Waals surface area contributed by atoms with Crippen LogP contribution in [0.15, 0.2) is 36.4 Å². The maximum absolute atomic E-state index is 13.7. The maximum Gasteiger partial charge on any atom is 0.361 e. The standard InChI is InChI=1S/C16H15BCl2F2O/c1-10(2)9-22-17(11-3-5-13(18)15(20)7-11)12-4-6-14(19)16(21)8-12/h3-8,10H,9H2,1-2H3. The molecule has 0 aliphatic rings. The Morgan fingerprint density at radius 3 is 1.77 bits per heavy atom. The Morgan fingerprint density at radius 2 is 1.41 bits per heavy atom. The van der Waals surface area contributed by atoms with Crippen molar-refractivity contribution in [2.24, 2.45) is 5.92 Å². The molecule has 116 valence electrons. The fraction of sp³-hybridized carbons (Fsp3) is 0.250. The molecule has 0 bridgehead atoms. The van der Waals surface area contributed by atoms with Crippen LogP contribution in [0.4, 0.5) is 8.78 Å². The summed E-state index contributed by atoms with van der Waals surface area (Å²) in [5.74, 6) is -0.782. The molecule has 0 aromatic heterocycles. The van der Waals surface area contributed by atoms with Gasteiger partial charge in [-0.1, -0.05) is 49.2 Å². The third-order valence-corrected chi connectivity index (χ3v) is 3.70. The summed E-state index contributed by atoms with van der Waals surface area (Å²) in [4.78, 5) is 0. The molecule has 0 heterocycles. The van der Waals surface area contributed by atoms with E-state index >= 15 is 0 Å². The van der Waals surface area contributed by atoms with Crippen LogP contribution in [0.3, 0.4) is 0 Å². The minimum Gasteiger partial charge on any atom is -0.427 e. The number of benzene rings is 2. The van der Waals surface area contributed by atoms with Gasteiger partial charge in [0.2, 0.25) is 0 Å². The Kier molecular flexibility index (Phi) is 5.84. The van der Waals surface area contributed by atoms with Gasteiger partial charge in [0.1, 0.15) is 11.6 Å². The number of halogens is 4. The summed E-state index contributed by atoms with van der Waals surface area (Å²) in [6.45, 7) is 3.88. The van der Waals surface area contributed by atoms with Crippen LogP contribution in [0.2, 0.25) is 10.0 Å². The predicted octanol–water partition coefficient (Wildman–Crippen LogP) is 4.05. The van der Waals surface area contributed by atoms with Crippen LogP contribution < -0.4 is 10.9 Å². The second-order valence-electron chi connectivity index (χ2n) is 5.45. The molecule has 2 aromatic carbocycles. The van der Waals surface area contributed by atoms with Gasteiger partial charge in [0, 0.05) is 6.61 Å². The van der Waals surface area contributed by atoms with Crippen molar-refractivity contribution in [2.75, 3.05) is 6.61 Å². The zero-order valence-electron chi connectivity index (χ0n) is 12.2. The highest BCUT2D eigenvalue weighted by Gasteiger charge is 2.24. The van der Waals surface area contributed by atoms with E-state index in [4.69, 9.17) is 27.9 Å². The van der Waals surface area contributed by atoms with Crippen LogP contribution in [-0.4, -0.2) is 13.5 Å². The van der Waals surface area contributed by atoms with Crippen molar-refractivity contribution in [3.8, 4) is 0 Å². The van der Waals surface area contributed by atoms with Crippen molar-refractivity contribution in [2.45, 2.75) is 13.8 Å². The molecule has 0 spiro atoms. The third kappa shape index (κ3) is 4.22. The first-order valence-corrected chi connectivity index (χ1v) is 7.65. The highest BCUT2D eigenvalue weighted by atomic mass is 35.5. The van der Waals surface area contributed by atoms with E-state index in [-0.39, 0.29) is 16.0 Å². The summed E-state index contributed by atoms with van der Waals surface area (Å²) in [5.41, 5.74) is 1.15. The Morgan fingerprint density at radius 1 is 0.955 bits per heavy atom. The quantitative estimate of drug-likeness (QED) is 0.745. The van der Waals surface area contributed by atoms with Crippen LogP contribution in [0, 0.1) is 17.6 Å². The van der Waals surface area contributed by atoms with Gasteiger partial charge in [-0.15, -0.1) is 0 Å². The van der Waals surface area contributed by atoms with E-state index < -0.39 is 18.6 Å². The molecule has 0 saturated carbocycles. The largest absolute Gasteiger partial charge is 0.427 e. The van der Waals surface area contributed by atoms with Gasteiger partial charge >= 0.3 is 6.92 Å². The van der Waals surface area contributed by atoms with Gasteiger partial charge in [0.15, 0.2) is 0 Å². The Labute approximate surface area is 139 Å². The van der Waals surface area contributed by atoms with Crippen molar-refractivity contribution in [1.82, 2.24) is 0 Å². The molecule has 0 aliphatic heterocycles. The van der Waals surface area contributed by atoms with E-state index in [1.807, 2.05) is 13.8 Å². The van der Waals surface area contributed by atoms with Crippen LogP contribution in [0.1, 0.15) is 13.8 Å². The average Bonchev–Trinajstić information content (AvgIpc) is 2.46. The highest BCUT2D eigenvalue weighted by molar-refractivity contribution is 6.80. The first kappa shape index (κ1) is 17.3. The van der Waals surface area contributed by atoms with Crippen molar-refractivity contribution in [1.29, 1.82) is 0 Å². The van der Waals surface area contributed by atoms with Gasteiger partial charge in [-0.25, -0.2) is 8.78 Å². The van der Waals surface area contributed by atoms with E-state index in [1.165, 1.54) is 24.3 Å². The van der Waals surface area contributed by atoms with Gasteiger partial charge < -0.3 is 4.65 Å². The molecule has 2 aromatic rings. The van der Waals surface area contributed by atoms with Crippen LogP contribution in [-0.2, 0) is 4.65 Å². The monoisotopic (exact) mass is 342 g/mol. The number of hydrogen-bond acceptors (Lipinski definition) is 1.